The highest BCUT2D eigenvalue weighted by molar-refractivity contribution is 6.03. The fraction of sp³-hybridized carbons (Fsp3) is 0.692. The Morgan fingerprint density at radius 2 is 1.94 bits per heavy atom. The van der Waals surface area contributed by atoms with Gasteiger partial charge in [0.2, 0.25) is 17.7 Å². The Morgan fingerprint density at radius 1 is 1.14 bits per heavy atom. The van der Waals surface area contributed by atoms with Gasteiger partial charge in [0.25, 0.3) is 0 Å². The first kappa shape index (κ1) is 23.7. The second-order valence-corrected chi connectivity index (χ2v) is 11.1. The first-order valence-electron chi connectivity index (χ1n) is 13.2. The highest BCUT2D eigenvalue weighted by Crippen LogP contribution is 2.60. The number of anilines is 1. The smallest absolute Gasteiger partial charge is 0.246 e. The van der Waals surface area contributed by atoms with Crippen LogP contribution in [0.4, 0.5) is 5.82 Å². The van der Waals surface area contributed by atoms with Gasteiger partial charge in [-0.3, -0.25) is 14.4 Å². The second kappa shape index (κ2) is 8.69. The van der Waals surface area contributed by atoms with Gasteiger partial charge in [0, 0.05) is 25.3 Å². The summed E-state index contributed by atoms with van der Waals surface area (Å²) < 4.78 is 17.5. The fourth-order valence-electron chi connectivity index (χ4n) is 6.99. The van der Waals surface area contributed by atoms with E-state index in [1.165, 1.54) is 6.42 Å². The number of ether oxygens (including phenoxy) is 2. The van der Waals surface area contributed by atoms with E-state index < -0.39 is 29.1 Å². The van der Waals surface area contributed by atoms with E-state index in [1.807, 2.05) is 19.1 Å². The van der Waals surface area contributed by atoms with Crippen molar-refractivity contribution in [2.24, 2.45) is 11.8 Å². The predicted molar refractivity (Wildman–Crippen MR) is 128 cm³/mol. The molecule has 5 heterocycles. The summed E-state index contributed by atoms with van der Waals surface area (Å²) in [7, 11) is 0. The monoisotopic (exact) mass is 498 g/mol. The third kappa shape index (κ3) is 3.68. The topological polar surface area (TPSA) is 123 Å². The fourth-order valence-corrected chi connectivity index (χ4v) is 6.99. The minimum absolute atomic E-state index is 0.0917. The number of aromatic nitrogens is 1. The zero-order valence-corrected chi connectivity index (χ0v) is 20.8. The Labute approximate surface area is 210 Å². The molecule has 4 aliphatic heterocycles. The summed E-state index contributed by atoms with van der Waals surface area (Å²) in [5, 5.41) is 9.87. The molecule has 0 aromatic carbocycles. The van der Waals surface area contributed by atoms with Gasteiger partial charge < -0.3 is 29.5 Å². The molecular formula is C26H34N4O6. The van der Waals surface area contributed by atoms with Gasteiger partial charge in [0.05, 0.1) is 23.5 Å². The average molecular weight is 499 g/mol. The molecule has 3 amide bonds. The van der Waals surface area contributed by atoms with E-state index in [0.717, 1.165) is 38.5 Å². The Kier molecular flexibility index (Phi) is 5.71. The lowest BCUT2D eigenvalue weighted by Crippen LogP contribution is -2.57. The summed E-state index contributed by atoms with van der Waals surface area (Å²) in [6.45, 7) is 4.51. The van der Waals surface area contributed by atoms with Crippen molar-refractivity contribution >= 4 is 23.5 Å². The van der Waals surface area contributed by atoms with Gasteiger partial charge in [-0.25, -0.2) is 0 Å². The molecule has 2 N–H and O–H groups in total. The highest BCUT2D eigenvalue weighted by Gasteiger charge is 2.76. The summed E-state index contributed by atoms with van der Waals surface area (Å²) in [5.41, 5.74) is -2.21. The first-order valence-corrected chi connectivity index (χ1v) is 13.2. The Bertz CT molecular complexity index is 1090. The van der Waals surface area contributed by atoms with Crippen molar-refractivity contribution in [2.75, 3.05) is 18.5 Å². The minimum Gasteiger partial charge on any atom is -0.376 e. The van der Waals surface area contributed by atoms with Crippen molar-refractivity contribution in [1.82, 2.24) is 15.4 Å². The van der Waals surface area contributed by atoms with Gasteiger partial charge in [0.15, 0.2) is 5.82 Å². The number of hydrogen-bond acceptors (Lipinski definition) is 7. The third-order valence-corrected chi connectivity index (χ3v) is 8.58. The molecule has 1 aromatic rings. The van der Waals surface area contributed by atoms with Crippen LogP contribution in [0.25, 0.3) is 0 Å². The third-order valence-electron chi connectivity index (χ3n) is 8.58. The van der Waals surface area contributed by atoms with Crippen LogP contribution in [0, 0.1) is 18.8 Å². The molecule has 6 rings (SSSR count). The molecule has 10 nitrogen and oxygen atoms in total. The van der Waals surface area contributed by atoms with E-state index in [2.05, 4.69) is 15.8 Å². The molecule has 1 saturated carbocycles. The number of nitrogens with one attached hydrogen (secondary N) is 2. The van der Waals surface area contributed by atoms with Crippen LogP contribution in [0.2, 0.25) is 0 Å². The van der Waals surface area contributed by atoms with Crippen LogP contribution in [0.15, 0.2) is 22.7 Å². The van der Waals surface area contributed by atoms with Crippen LogP contribution >= 0.6 is 0 Å². The number of amides is 3. The summed E-state index contributed by atoms with van der Waals surface area (Å²) in [4.78, 5) is 43.1. The number of carbonyl (C=O) groups excluding carboxylic acids is 3. The van der Waals surface area contributed by atoms with E-state index in [9.17, 15) is 14.4 Å². The lowest BCUT2D eigenvalue weighted by atomic mass is 9.70. The van der Waals surface area contributed by atoms with Crippen molar-refractivity contribution in [1.29, 1.82) is 0 Å². The predicted octanol–water partition coefficient (Wildman–Crippen LogP) is 2.09. The molecule has 2 bridgehead atoms. The van der Waals surface area contributed by atoms with Crippen LogP contribution in [0.5, 0.6) is 0 Å². The van der Waals surface area contributed by atoms with Crippen LogP contribution in [0.1, 0.15) is 57.6 Å². The zero-order valence-electron chi connectivity index (χ0n) is 20.8. The van der Waals surface area contributed by atoms with Gasteiger partial charge in [-0.2, -0.15) is 0 Å². The largest absolute Gasteiger partial charge is 0.376 e. The van der Waals surface area contributed by atoms with Gasteiger partial charge in [0.1, 0.15) is 17.4 Å². The van der Waals surface area contributed by atoms with E-state index >= 15 is 0 Å². The van der Waals surface area contributed by atoms with Crippen LogP contribution < -0.4 is 10.6 Å². The summed E-state index contributed by atoms with van der Waals surface area (Å²) in [6.07, 6.45) is 10.5. The molecule has 1 aliphatic carbocycles. The molecule has 4 fully saturated rings. The molecule has 10 heteroatoms. The number of aryl methyl sites for hydroxylation is 1. The maximum absolute atomic E-state index is 14.0. The van der Waals surface area contributed by atoms with Crippen molar-refractivity contribution in [2.45, 2.75) is 88.2 Å². The number of fused-ring (bicyclic) bond motifs is 1. The molecule has 3 saturated heterocycles. The van der Waals surface area contributed by atoms with Gasteiger partial charge in [-0.05, 0) is 39.5 Å². The van der Waals surface area contributed by atoms with Gasteiger partial charge in [-0.15, -0.1) is 0 Å². The molecule has 6 atom stereocenters. The van der Waals surface area contributed by atoms with Crippen molar-refractivity contribution in [3.63, 3.8) is 0 Å². The minimum atomic E-state index is -1.20. The lowest BCUT2D eigenvalue weighted by molar-refractivity contribution is -0.145. The number of likely N-dealkylation sites (tertiary alicyclic amines) is 1. The SMILES string of the molecule is Cc1cc(NC(=O)[C@H]2[C@@H]3C(=O)N(C[C@@H]4CCCO4)[C@H](C(=O)NC4CCCCC4)[C@@]34C=C[C@]2(C)O4)no1. The van der Waals surface area contributed by atoms with Crippen LogP contribution in [-0.4, -0.2) is 70.3 Å². The summed E-state index contributed by atoms with van der Waals surface area (Å²) in [6, 6.07) is 0.862. The lowest BCUT2D eigenvalue weighted by Gasteiger charge is -2.35. The summed E-state index contributed by atoms with van der Waals surface area (Å²) >= 11 is 0. The number of rotatable bonds is 6. The van der Waals surface area contributed by atoms with E-state index in [1.54, 1.807) is 17.9 Å². The summed E-state index contributed by atoms with van der Waals surface area (Å²) in [5.74, 6) is -1.60. The first-order chi connectivity index (χ1) is 17.3. The Hall–Kier alpha value is -2.72. The second-order valence-electron chi connectivity index (χ2n) is 11.1. The molecule has 1 aromatic heterocycles. The van der Waals surface area contributed by atoms with Gasteiger partial charge in [-0.1, -0.05) is 36.6 Å². The van der Waals surface area contributed by atoms with Crippen molar-refractivity contribution in [3.05, 3.63) is 24.0 Å². The zero-order chi connectivity index (χ0) is 25.1. The molecule has 36 heavy (non-hydrogen) atoms. The van der Waals surface area contributed by atoms with Crippen LogP contribution in [0.3, 0.4) is 0 Å². The van der Waals surface area contributed by atoms with Crippen molar-refractivity contribution in [3.8, 4) is 0 Å². The number of nitrogens with zero attached hydrogens (tertiary/aromatic N) is 2. The highest BCUT2D eigenvalue weighted by atomic mass is 16.5. The molecule has 5 aliphatic rings. The number of hydrogen-bond donors (Lipinski definition) is 2. The number of carbonyl (C=O) groups is 3. The van der Waals surface area contributed by atoms with E-state index in [0.29, 0.717) is 18.9 Å². The standard InChI is InChI=1S/C26H34N4O6/c1-15-13-18(29-35-15)28-22(31)19-20-24(33)30(14-17-9-6-12-34-17)21(26(20)11-10-25(19,2)36-26)23(32)27-16-7-4-3-5-8-16/h10-11,13,16-17,19-21H,3-9,12,14H2,1-2H3,(H,27,32)(H,28,29,31)/t17-,19+,20+,21+,25-,26+/m0/s1. The molecule has 0 unspecified atom stereocenters. The molecule has 0 radical (unpaired) electrons. The molecular weight excluding hydrogens is 464 g/mol. The maximum Gasteiger partial charge on any atom is 0.246 e. The molecule has 194 valence electrons. The van der Waals surface area contributed by atoms with E-state index in [4.69, 9.17) is 14.0 Å². The normalized spacial score (nSPS) is 37.5. The average Bonchev–Trinajstić information content (AvgIpc) is 3.64. The maximum atomic E-state index is 14.0. The van der Waals surface area contributed by atoms with Crippen molar-refractivity contribution < 1.29 is 28.4 Å². The quantitative estimate of drug-likeness (QED) is 0.576. The Morgan fingerprint density at radius 3 is 2.64 bits per heavy atom. The Balaban J connectivity index is 1.33. The van der Waals surface area contributed by atoms with E-state index in [-0.39, 0.29) is 35.7 Å². The molecule has 1 spiro atoms. The van der Waals surface area contributed by atoms with Crippen LogP contribution in [-0.2, 0) is 23.9 Å². The van der Waals surface area contributed by atoms with Gasteiger partial charge >= 0.3 is 0 Å².